The first-order chi connectivity index (χ1) is 11.0. The lowest BCUT2D eigenvalue weighted by Crippen LogP contribution is -2.39. The Bertz CT molecular complexity index is 483. The summed E-state index contributed by atoms with van der Waals surface area (Å²) in [6, 6.07) is 9.15. The van der Waals surface area contributed by atoms with Gasteiger partial charge in [0, 0.05) is 6.54 Å². The summed E-state index contributed by atoms with van der Waals surface area (Å²) in [4.78, 5) is 14.9. The van der Waals surface area contributed by atoms with Gasteiger partial charge in [-0.25, -0.2) is 4.79 Å². The van der Waals surface area contributed by atoms with E-state index >= 15 is 0 Å². The van der Waals surface area contributed by atoms with E-state index in [-0.39, 0.29) is 0 Å². The molecule has 0 aliphatic carbocycles. The number of carbonyl (C=O) groups is 1. The molecule has 1 atom stereocenters. The number of carbonyl (C=O) groups excluding carboxylic acids is 1. The molecule has 0 saturated carbocycles. The van der Waals surface area contributed by atoms with Gasteiger partial charge in [0.25, 0.3) is 0 Å². The van der Waals surface area contributed by atoms with Crippen LogP contribution >= 0.6 is 0 Å². The zero-order valence-corrected chi connectivity index (χ0v) is 14.3. The lowest BCUT2D eigenvalue weighted by atomic mass is 9.87. The third-order valence-electron chi connectivity index (χ3n) is 4.51. The molecule has 0 radical (unpaired) electrons. The Morgan fingerprint density at radius 1 is 1.26 bits per heavy atom. The summed E-state index contributed by atoms with van der Waals surface area (Å²) in [7, 11) is 0. The van der Waals surface area contributed by atoms with Crippen molar-refractivity contribution in [3.63, 3.8) is 0 Å². The van der Waals surface area contributed by atoms with Crippen molar-refractivity contribution in [2.24, 2.45) is 5.92 Å². The average Bonchev–Trinajstić information content (AvgIpc) is 3.06. The Balaban J connectivity index is 1.98. The Kier molecular flexibility index (Phi) is 6.60. The maximum atomic E-state index is 12.6. The van der Waals surface area contributed by atoms with Gasteiger partial charge in [0.15, 0.2) is 5.60 Å². The second-order valence-electron chi connectivity index (χ2n) is 6.84. The first kappa shape index (κ1) is 18.0. The van der Waals surface area contributed by atoms with Gasteiger partial charge in [0.2, 0.25) is 0 Å². The Morgan fingerprint density at radius 2 is 1.91 bits per heavy atom. The van der Waals surface area contributed by atoms with Crippen LogP contribution in [-0.2, 0) is 15.1 Å². The van der Waals surface area contributed by atoms with Gasteiger partial charge < -0.3 is 9.84 Å². The minimum Gasteiger partial charge on any atom is -0.462 e. The molecule has 0 amide bonds. The Morgan fingerprint density at radius 3 is 2.52 bits per heavy atom. The van der Waals surface area contributed by atoms with Crippen LogP contribution in [0.4, 0.5) is 0 Å². The normalized spacial score (nSPS) is 18.1. The highest BCUT2D eigenvalue weighted by atomic mass is 16.5. The molecule has 1 aromatic rings. The Hall–Kier alpha value is -1.39. The lowest BCUT2D eigenvalue weighted by Gasteiger charge is -2.27. The minimum atomic E-state index is -1.55. The SMILES string of the molecule is CC(C)CC[C@](O)(C(=O)OCCN1CCCC1)c1ccccc1. The largest absolute Gasteiger partial charge is 0.462 e. The van der Waals surface area contributed by atoms with Crippen molar-refractivity contribution in [2.75, 3.05) is 26.2 Å². The summed E-state index contributed by atoms with van der Waals surface area (Å²) in [5.74, 6) is -0.105. The number of ether oxygens (including phenoxy) is 1. The highest BCUT2D eigenvalue weighted by Gasteiger charge is 2.39. The van der Waals surface area contributed by atoms with Gasteiger partial charge in [-0.15, -0.1) is 0 Å². The van der Waals surface area contributed by atoms with E-state index in [0.29, 0.717) is 24.5 Å². The number of hydrogen-bond acceptors (Lipinski definition) is 4. The van der Waals surface area contributed by atoms with Gasteiger partial charge >= 0.3 is 5.97 Å². The second kappa shape index (κ2) is 8.46. The third-order valence-corrected chi connectivity index (χ3v) is 4.51. The van der Waals surface area contributed by atoms with Gasteiger partial charge in [-0.1, -0.05) is 44.2 Å². The predicted molar refractivity (Wildman–Crippen MR) is 91.0 cm³/mol. The van der Waals surface area contributed by atoms with Crippen molar-refractivity contribution in [1.82, 2.24) is 4.90 Å². The van der Waals surface area contributed by atoms with Crippen molar-refractivity contribution in [3.8, 4) is 0 Å². The molecule has 0 spiro atoms. The molecule has 1 aliphatic heterocycles. The molecule has 1 heterocycles. The predicted octanol–water partition coefficient (Wildman–Crippen LogP) is 2.95. The molecule has 0 unspecified atom stereocenters. The zero-order chi connectivity index (χ0) is 16.7. The molecular weight excluding hydrogens is 290 g/mol. The quantitative estimate of drug-likeness (QED) is 0.749. The van der Waals surface area contributed by atoms with Crippen molar-refractivity contribution in [3.05, 3.63) is 35.9 Å². The monoisotopic (exact) mass is 319 g/mol. The minimum absolute atomic E-state index is 0.343. The zero-order valence-electron chi connectivity index (χ0n) is 14.3. The number of hydrogen-bond donors (Lipinski definition) is 1. The fourth-order valence-electron chi connectivity index (χ4n) is 2.97. The van der Waals surface area contributed by atoms with E-state index in [2.05, 4.69) is 18.7 Å². The summed E-state index contributed by atoms with van der Waals surface area (Å²) in [6.45, 7) is 7.42. The number of esters is 1. The first-order valence-corrected chi connectivity index (χ1v) is 8.70. The summed E-state index contributed by atoms with van der Waals surface area (Å²) >= 11 is 0. The van der Waals surface area contributed by atoms with Gasteiger partial charge in [-0.3, -0.25) is 4.90 Å². The molecule has 1 aromatic carbocycles. The standard InChI is InChI=1S/C19H29NO3/c1-16(2)10-11-19(22,17-8-4-3-5-9-17)18(21)23-15-14-20-12-6-7-13-20/h3-5,8-9,16,22H,6-7,10-15H2,1-2H3/t19-/m1/s1. The summed E-state index contributed by atoms with van der Waals surface area (Å²) in [5.41, 5.74) is -0.928. The van der Waals surface area contributed by atoms with E-state index in [0.717, 1.165) is 26.1 Å². The molecule has 23 heavy (non-hydrogen) atoms. The van der Waals surface area contributed by atoms with Crippen LogP contribution in [0, 0.1) is 5.92 Å². The lowest BCUT2D eigenvalue weighted by molar-refractivity contribution is -0.168. The summed E-state index contributed by atoms with van der Waals surface area (Å²) in [5, 5.41) is 11.0. The maximum Gasteiger partial charge on any atom is 0.342 e. The fourth-order valence-corrected chi connectivity index (χ4v) is 2.97. The Labute approximate surface area is 139 Å². The van der Waals surface area contributed by atoms with E-state index in [1.807, 2.05) is 18.2 Å². The number of rotatable bonds is 8. The van der Waals surface area contributed by atoms with Crippen LogP contribution in [0.25, 0.3) is 0 Å². The van der Waals surface area contributed by atoms with Crippen molar-refractivity contribution in [1.29, 1.82) is 0 Å². The van der Waals surface area contributed by atoms with Gasteiger partial charge in [0.1, 0.15) is 6.61 Å². The topological polar surface area (TPSA) is 49.8 Å². The van der Waals surface area contributed by atoms with Crippen LogP contribution in [0.1, 0.15) is 45.1 Å². The van der Waals surface area contributed by atoms with E-state index in [1.165, 1.54) is 12.8 Å². The van der Waals surface area contributed by atoms with E-state index in [4.69, 9.17) is 4.74 Å². The van der Waals surface area contributed by atoms with Gasteiger partial charge in [0.05, 0.1) is 0 Å². The molecule has 4 heteroatoms. The van der Waals surface area contributed by atoms with Gasteiger partial charge in [-0.05, 0) is 50.3 Å². The average molecular weight is 319 g/mol. The molecule has 0 aromatic heterocycles. The van der Waals surface area contributed by atoms with Crippen molar-refractivity contribution >= 4 is 5.97 Å². The molecule has 0 bridgehead atoms. The van der Waals surface area contributed by atoms with Crippen LogP contribution < -0.4 is 0 Å². The van der Waals surface area contributed by atoms with Crippen LogP contribution in [-0.4, -0.2) is 42.2 Å². The van der Waals surface area contributed by atoms with Crippen molar-refractivity contribution < 1.29 is 14.6 Å². The van der Waals surface area contributed by atoms with Crippen LogP contribution in [0.5, 0.6) is 0 Å². The summed E-state index contributed by atoms with van der Waals surface area (Å²) in [6.07, 6.45) is 3.59. The molecular formula is C19H29NO3. The molecule has 4 nitrogen and oxygen atoms in total. The van der Waals surface area contributed by atoms with Crippen molar-refractivity contribution in [2.45, 2.75) is 45.1 Å². The van der Waals surface area contributed by atoms with E-state index < -0.39 is 11.6 Å². The number of aliphatic hydroxyl groups is 1. The maximum absolute atomic E-state index is 12.6. The number of likely N-dealkylation sites (tertiary alicyclic amines) is 1. The fraction of sp³-hybridized carbons (Fsp3) is 0.632. The number of benzene rings is 1. The molecule has 128 valence electrons. The second-order valence-corrected chi connectivity index (χ2v) is 6.84. The van der Waals surface area contributed by atoms with E-state index in [9.17, 15) is 9.90 Å². The molecule has 1 N–H and O–H groups in total. The van der Waals surface area contributed by atoms with Crippen LogP contribution in [0.2, 0.25) is 0 Å². The number of nitrogens with zero attached hydrogens (tertiary/aromatic N) is 1. The smallest absolute Gasteiger partial charge is 0.342 e. The van der Waals surface area contributed by atoms with Crippen LogP contribution in [0.3, 0.4) is 0 Å². The molecule has 1 saturated heterocycles. The molecule has 2 rings (SSSR count). The third kappa shape index (κ3) is 5.05. The van der Waals surface area contributed by atoms with E-state index in [1.54, 1.807) is 12.1 Å². The van der Waals surface area contributed by atoms with Gasteiger partial charge in [-0.2, -0.15) is 0 Å². The highest BCUT2D eigenvalue weighted by molar-refractivity contribution is 5.81. The molecule has 1 aliphatic rings. The molecule has 1 fully saturated rings. The first-order valence-electron chi connectivity index (χ1n) is 8.70. The van der Waals surface area contributed by atoms with Crippen LogP contribution in [0.15, 0.2) is 30.3 Å². The summed E-state index contributed by atoms with van der Waals surface area (Å²) < 4.78 is 5.43. The highest BCUT2D eigenvalue weighted by Crippen LogP contribution is 2.29.